The molecule has 1 aliphatic carbocycles. The Bertz CT molecular complexity index is 681. The molecule has 1 N–H and O–H groups in total. The quantitative estimate of drug-likeness (QED) is 0.725. The summed E-state index contributed by atoms with van der Waals surface area (Å²) in [5.41, 5.74) is -1.18. The zero-order chi connectivity index (χ0) is 18.7. The van der Waals surface area contributed by atoms with Gasteiger partial charge in [0.05, 0.1) is 5.41 Å². The van der Waals surface area contributed by atoms with Gasteiger partial charge in [-0.1, -0.05) is 0 Å². The second kappa shape index (κ2) is 5.69. The van der Waals surface area contributed by atoms with Crippen LogP contribution in [-0.2, 0) is 14.4 Å². The summed E-state index contributed by atoms with van der Waals surface area (Å²) in [6.07, 6.45) is 4.02. The van der Waals surface area contributed by atoms with Crippen LogP contribution in [0.4, 0.5) is 4.79 Å². The number of carbonyl (C=O) groups excluding carboxylic acids is 4. The molecule has 1 spiro atoms. The molecule has 0 bridgehead atoms. The second-order valence-electron chi connectivity index (χ2n) is 8.44. The average Bonchev–Trinajstić information content (AvgIpc) is 3.41. The van der Waals surface area contributed by atoms with E-state index in [0.717, 1.165) is 30.7 Å². The molecule has 1 saturated carbocycles. The van der Waals surface area contributed by atoms with Crippen LogP contribution in [0.2, 0.25) is 0 Å². The summed E-state index contributed by atoms with van der Waals surface area (Å²) in [7, 11) is 1.82. The number of rotatable bonds is 3. The zero-order valence-electron chi connectivity index (χ0n) is 15.4. The van der Waals surface area contributed by atoms with E-state index in [4.69, 9.17) is 0 Å². The van der Waals surface area contributed by atoms with E-state index in [1.807, 2.05) is 7.05 Å². The van der Waals surface area contributed by atoms with Crippen LogP contribution in [0.25, 0.3) is 0 Å². The van der Waals surface area contributed by atoms with Gasteiger partial charge in [-0.2, -0.15) is 0 Å². The number of hydrogen-bond acceptors (Lipinski definition) is 4. The summed E-state index contributed by atoms with van der Waals surface area (Å²) < 4.78 is 0. The maximum Gasteiger partial charge on any atom is 0.325 e. The summed E-state index contributed by atoms with van der Waals surface area (Å²) in [4.78, 5) is 54.4. The van der Waals surface area contributed by atoms with Gasteiger partial charge < -0.3 is 15.1 Å². The highest BCUT2D eigenvalue weighted by molar-refractivity contribution is 6.09. The summed E-state index contributed by atoms with van der Waals surface area (Å²) in [6, 6.07) is -0.473. The van der Waals surface area contributed by atoms with Crippen molar-refractivity contribution in [1.82, 2.24) is 20.0 Å². The minimum atomic E-state index is -0.857. The standard InChI is InChI=1S/C18H26N4O4/c1-17(12-3-4-12)14(24)22(16(26)19-17)11-13(23)21-9-6-18(7-10-21)5-8-20(2)15(18)25/h12H,3-11H2,1-2H3,(H,19,26). The molecule has 142 valence electrons. The van der Waals surface area contributed by atoms with Crippen LogP contribution >= 0.6 is 0 Å². The molecule has 0 aromatic rings. The lowest BCUT2D eigenvalue weighted by Gasteiger charge is -2.38. The molecule has 3 heterocycles. The lowest BCUT2D eigenvalue weighted by Crippen LogP contribution is -2.50. The molecule has 4 rings (SSSR count). The molecular weight excluding hydrogens is 336 g/mol. The van der Waals surface area contributed by atoms with Crippen LogP contribution in [0, 0.1) is 11.3 Å². The molecule has 0 aromatic heterocycles. The predicted molar refractivity (Wildman–Crippen MR) is 91.9 cm³/mol. The van der Waals surface area contributed by atoms with E-state index in [1.165, 1.54) is 0 Å². The first-order valence-corrected chi connectivity index (χ1v) is 9.44. The van der Waals surface area contributed by atoms with Crippen molar-refractivity contribution in [3.05, 3.63) is 0 Å². The highest BCUT2D eigenvalue weighted by Gasteiger charge is 2.56. The normalized spacial score (nSPS) is 31.2. The zero-order valence-corrected chi connectivity index (χ0v) is 15.4. The van der Waals surface area contributed by atoms with Gasteiger partial charge in [-0.3, -0.25) is 19.3 Å². The average molecular weight is 362 g/mol. The van der Waals surface area contributed by atoms with Gasteiger partial charge in [-0.15, -0.1) is 0 Å². The maximum atomic E-state index is 12.6. The van der Waals surface area contributed by atoms with Gasteiger partial charge in [0, 0.05) is 26.7 Å². The Hall–Kier alpha value is -2.12. The van der Waals surface area contributed by atoms with Gasteiger partial charge in [-0.25, -0.2) is 4.79 Å². The molecule has 4 fully saturated rings. The van der Waals surface area contributed by atoms with Gasteiger partial charge in [0.15, 0.2) is 0 Å². The Kier molecular flexibility index (Phi) is 3.79. The predicted octanol–water partition coefficient (Wildman–Crippen LogP) is 0.178. The fraction of sp³-hybridized carbons (Fsp3) is 0.778. The van der Waals surface area contributed by atoms with Crippen LogP contribution in [0.1, 0.15) is 39.0 Å². The first-order chi connectivity index (χ1) is 12.3. The molecule has 8 heteroatoms. The minimum absolute atomic E-state index is 0.180. The van der Waals surface area contributed by atoms with Gasteiger partial charge >= 0.3 is 6.03 Å². The van der Waals surface area contributed by atoms with Gasteiger partial charge in [0.2, 0.25) is 11.8 Å². The third-order valence-corrected chi connectivity index (χ3v) is 6.79. The Labute approximate surface area is 152 Å². The van der Waals surface area contributed by atoms with Gasteiger partial charge in [-0.05, 0) is 44.9 Å². The Balaban J connectivity index is 1.37. The molecule has 0 radical (unpaired) electrons. The summed E-state index contributed by atoms with van der Waals surface area (Å²) in [5, 5.41) is 2.77. The molecule has 8 nitrogen and oxygen atoms in total. The number of nitrogens with zero attached hydrogens (tertiary/aromatic N) is 3. The molecule has 5 amide bonds. The number of carbonyl (C=O) groups is 4. The van der Waals surface area contributed by atoms with E-state index in [9.17, 15) is 19.2 Å². The summed E-state index contributed by atoms with van der Waals surface area (Å²) in [5.74, 6) is -0.153. The molecule has 1 unspecified atom stereocenters. The van der Waals surface area contributed by atoms with Crippen molar-refractivity contribution in [2.75, 3.05) is 33.2 Å². The van der Waals surface area contributed by atoms with Crippen molar-refractivity contribution in [3.8, 4) is 0 Å². The van der Waals surface area contributed by atoms with Crippen LogP contribution in [0.5, 0.6) is 0 Å². The molecule has 4 aliphatic rings. The van der Waals surface area contributed by atoms with Crippen molar-refractivity contribution in [3.63, 3.8) is 0 Å². The highest BCUT2D eigenvalue weighted by atomic mass is 16.2. The van der Waals surface area contributed by atoms with Crippen molar-refractivity contribution in [1.29, 1.82) is 0 Å². The fourth-order valence-corrected chi connectivity index (χ4v) is 4.67. The minimum Gasteiger partial charge on any atom is -0.345 e. The largest absolute Gasteiger partial charge is 0.345 e. The van der Waals surface area contributed by atoms with E-state index in [2.05, 4.69) is 5.32 Å². The van der Waals surface area contributed by atoms with E-state index in [1.54, 1.807) is 16.7 Å². The summed E-state index contributed by atoms with van der Waals surface area (Å²) >= 11 is 0. The van der Waals surface area contributed by atoms with Gasteiger partial charge in [0.25, 0.3) is 5.91 Å². The topological polar surface area (TPSA) is 90.0 Å². The van der Waals surface area contributed by atoms with Crippen LogP contribution in [-0.4, -0.2) is 77.2 Å². The molecule has 0 aromatic carbocycles. The highest BCUT2D eigenvalue weighted by Crippen LogP contribution is 2.43. The smallest absolute Gasteiger partial charge is 0.325 e. The summed E-state index contributed by atoms with van der Waals surface area (Å²) in [6.45, 7) is 3.31. The lowest BCUT2D eigenvalue weighted by atomic mass is 9.77. The van der Waals surface area contributed by atoms with Crippen molar-refractivity contribution in [2.24, 2.45) is 11.3 Å². The van der Waals surface area contributed by atoms with Gasteiger partial charge in [0.1, 0.15) is 12.1 Å². The number of piperidine rings is 1. The number of hydrogen-bond donors (Lipinski definition) is 1. The van der Waals surface area contributed by atoms with Crippen molar-refractivity contribution in [2.45, 2.75) is 44.6 Å². The number of imide groups is 1. The van der Waals surface area contributed by atoms with E-state index >= 15 is 0 Å². The van der Waals surface area contributed by atoms with Crippen molar-refractivity contribution < 1.29 is 19.2 Å². The van der Waals surface area contributed by atoms with Crippen LogP contribution in [0.15, 0.2) is 0 Å². The van der Waals surface area contributed by atoms with E-state index in [0.29, 0.717) is 25.9 Å². The molecule has 26 heavy (non-hydrogen) atoms. The first-order valence-electron chi connectivity index (χ1n) is 9.44. The van der Waals surface area contributed by atoms with Crippen LogP contribution in [0.3, 0.4) is 0 Å². The lowest BCUT2D eigenvalue weighted by molar-refractivity contribution is -0.143. The monoisotopic (exact) mass is 362 g/mol. The third kappa shape index (κ3) is 2.49. The number of amides is 5. The van der Waals surface area contributed by atoms with Crippen LogP contribution < -0.4 is 5.32 Å². The molecule has 3 aliphatic heterocycles. The molecular formula is C18H26N4O4. The Morgan fingerprint density at radius 2 is 1.69 bits per heavy atom. The maximum absolute atomic E-state index is 12.6. The number of nitrogens with one attached hydrogen (secondary N) is 1. The van der Waals surface area contributed by atoms with E-state index in [-0.39, 0.29) is 35.6 Å². The second-order valence-corrected chi connectivity index (χ2v) is 8.44. The molecule has 1 atom stereocenters. The third-order valence-electron chi connectivity index (χ3n) is 6.79. The Morgan fingerprint density at radius 3 is 2.23 bits per heavy atom. The fourth-order valence-electron chi connectivity index (χ4n) is 4.67. The first kappa shape index (κ1) is 17.3. The molecule has 3 saturated heterocycles. The number of likely N-dealkylation sites (tertiary alicyclic amines) is 2. The van der Waals surface area contributed by atoms with Crippen molar-refractivity contribution >= 4 is 23.8 Å². The Morgan fingerprint density at radius 1 is 1.08 bits per heavy atom. The SMILES string of the molecule is CN1CCC2(CCN(C(=O)CN3C(=O)NC(C)(C4CC4)C3=O)CC2)C1=O. The number of urea groups is 1. The van der Waals surface area contributed by atoms with E-state index < -0.39 is 11.6 Å².